The number of unbranched alkanes of at least 4 members (excludes halogenated alkanes) is 1. The maximum absolute atomic E-state index is 12.4. The minimum atomic E-state index is -0.542. The van der Waals surface area contributed by atoms with Crippen LogP contribution in [0.25, 0.3) is 0 Å². The van der Waals surface area contributed by atoms with Crippen LogP contribution in [0.15, 0.2) is 85.5 Å². The van der Waals surface area contributed by atoms with Gasteiger partial charge in [0.2, 0.25) is 0 Å². The fraction of sp³-hybridized carbons (Fsp3) is 0.179. The summed E-state index contributed by atoms with van der Waals surface area (Å²) in [7, 11) is 1.55. The van der Waals surface area contributed by atoms with Gasteiger partial charge < -0.3 is 23.7 Å². The molecule has 0 aliphatic heterocycles. The number of carbonyl (C=O) groups is 3. The quantitative estimate of drug-likeness (QED) is 0.151. The second kappa shape index (κ2) is 13.3. The molecule has 3 aromatic rings. The summed E-state index contributed by atoms with van der Waals surface area (Å²) in [6.07, 6.45) is 2.50. The lowest BCUT2D eigenvalue weighted by Gasteiger charge is -2.08. The fourth-order valence-corrected chi connectivity index (χ4v) is 2.95. The number of ether oxygens (including phenoxy) is 5. The first-order valence-corrected chi connectivity index (χ1v) is 11.2. The van der Waals surface area contributed by atoms with Crippen molar-refractivity contribution in [2.75, 3.05) is 20.3 Å². The number of carbonyl (C=O) groups excluding carboxylic acids is 3. The predicted molar refractivity (Wildman–Crippen MR) is 132 cm³/mol. The Bertz CT molecular complexity index is 1170. The van der Waals surface area contributed by atoms with E-state index in [2.05, 4.69) is 6.58 Å². The Morgan fingerprint density at radius 1 is 0.667 bits per heavy atom. The van der Waals surface area contributed by atoms with E-state index in [-0.39, 0.29) is 0 Å². The molecule has 3 rings (SSSR count). The molecule has 0 spiro atoms. The number of hydrogen-bond donors (Lipinski definition) is 0. The van der Waals surface area contributed by atoms with E-state index < -0.39 is 17.9 Å². The van der Waals surface area contributed by atoms with Crippen molar-refractivity contribution >= 4 is 17.9 Å². The van der Waals surface area contributed by atoms with Gasteiger partial charge in [-0.15, -0.1) is 0 Å². The molecule has 0 saturated heterocycles. The van der Waals surface area contributed by atoms with Crippen LogP contribution in [0.4, 0.5) is 0 Å². The van der Waals surface area contributed by atoms with E-state index in [0.29, 0.717) is 60.2 Å². The fourth-order valence-electron chi connectivity index (χ4n) is 2.95. The number of esters is 3. The van der Waals surface area contributed by atoms with Gasteiger partial charge in [0, 0.05) is 6.08 Å². The molecular formula is C28H26O8. The van der Waals surface area contributed by atoms with Crippen molar-refractivity contribution in [1.29, 1.82) is 0 Å². The highest BCUT2D eigenvalue weighted by Crippen LogP contribution is 2.20. The topological polar surface area (TPSA) is 97.4 Å². The van der Waals surface area contributed by atoms with Gasteiger partial charge in [-0.2, -0.15) is 0 Å². The number of methoxy groups -OCH3 is 1. The summed E-state index contributed by atoms with van der Waals surface area (Å²) in [5, 5.41) is 0. The first-order valence-electron chi connectivity index (χ1n) is 11.2. The minimum Gasteiger partial charge on any atom is -0.497 e. The molecule has 0 bridgehead atoms. The van der Waals surface area contributed by atoms with E-state index >= 15 is 0 Å². The summed E-state index contributed by atoms with van der Waals surface area (Å²) >= 11 is 0. The monoisotopic (exact) mass is 490 g/mol. The minimum absolute atomic E-state index is 0.290. The van der Waals surface area contributed by atoms with Crippen LogP contribution in [0, 0.1) is 0 Å². The normalized spacial score (nSPS) is 10.1. The molecule has 0 aliphatic carbocycles. The van der Waals surface area contributed by atoms with Crippen LogP contribution in [0.3, 0.4) is 0 Å². The maximum Gasteiger partial charge on any atom is 0.343 e. The van der Waals surface area contributed by atoms with Gasteiger partial charge in [-0.3, -0.25) is 0 Å². The second-order valence-corrected chi connectivity index (χ2v) is 7.43. The van der Waals surface area contributed by atoms with Crippen LogP contribution >= 0.6 is 0 Å². The third-order valence-corrected chi connectivity index (χ3v) is 4.88. The molecule has 0 amide bonds. The average molecular weight is 491 g/mol. The Labute approximate surface area is 209 Å². The molecule has 0 radical (unpaired) electrons. The highest BCUT2D eigenvalue weighted by atomic mass is 16.5. The highest BCUT2D eigenvalue weighted by Gasteiger charge is 2.12. The van der Waals surface area contributed by atoms with Crippen molar-refractivity contribution in [3.8, 4) is 23.0 Å². The van der Waals surface area contributed by atoms with Crippen LogP contribution in [0.5, 0.6) is 23.0 Å². The van der Waals surface area contributed by atoms with Crippen LogP contribution < -0.4 is 18.9 Å². The summed E-state index contributed by atoms with van der Waals surface area (Å²) < 4.78 is 26.3. The van der Waals surface area contributed by atoms with E-state index in [1.54, 1.807) is 55.6 Å². The molecule has 36 heavy (non-hydrogen) atoms. The van der Waals surface area contributed by atoms with Gasteiger partial charge in [0.1, 0.15) is 23.0 Å². The molecule has 0 atom stereocenters. The lowest BCUT2D eigenvalue weighted by atomic mass is 10.2. The Morgan fingerprint density at radius 3 is 1.61 bits per heavy atom. The third kappa shape index (κ3) is 8.02. The van der Waals surface area contributed by atoms with Crippen LogP contribution in [-0.2, 0) is 9.53 Å². The van der Waals surface area contributed by atoms with Crippen molar-refractivity contribution in [2.45, 2.75) is 12.8 Å². The Hall–Kier alpha value is -4.59. The SMILES string of the molecule is C=CC(=O)OCCCCOc1ccc(C(=O)Oc2ccc(C(=O)Oc3ccc(OC)cc3)cc2)cc1. The largest absolute Gasteiger partial charge is 0.497 e. The molecule has 0 aliphatic rings. The molecular weight excluding hydrogens is 464 g/mol. The second-order valence-electron chi connectivity index (χ2n) is 7.43. The zero-order chi connectivity index (χ0) is 25.8. The summed E-state index contributed by atoms with van der Waals surface area (Å²) in [6.45, 7) is 4.09. The zero-order valence-electron chi connectivity index (χ0n) is 19.8. The van der Waals surface area contributed by atoms with Crippen LogP contribution in [-0.4, -0.2) is 38.2 Å². The van der Waals surface area contributed by atoms with Crippen molar-refractivity contribution in [3.63, 3.8) is 0 Å². The molecule has 8 heteroatoms. The average Bonchev–Trinajstić information content (AvgIpc) is 2.91. The van der Waals surface area contributed by atoms with Crippen molar-refractivity contribution in [1.82, 2.24) is 0 Å². The first kappa shape index (κ1) is 26.0. The van der Waals surface area contributed by atoms with Crippen molar-refractivity contribution < 1.29 is 38.1 Å². The molecule has 3 aromatic carbocycles. The molecule has 0 heterocycles. The molecule has 0 saturated carbocycles. The number of rotatable bonds is 12. The van der Waals surface area contributed by atoms with Crippen molar-refractivity contribution in [3.05, 3.63) is 96.6 Å². The van der Waals surface area contributed by atoms with Gasteiger partial charge in [0.15, 0.2) is 0 Å². The van der Waals surface area contributed by atoms with E-state index in [9.17, 15) is 14.4 Å². The molecule has 8 nitrogen and oxygen atoms in total. The van der Waals surface area contributed by atoms with Gasteiger partial charge in [-0.05, 0) is 85.6 Å². The lowest BCUT2D eigenvalue weighted by Crippen LogP contribution is -2.10. The van der Waals surface area contributed by atoms with E-state index in [1.807, 2.05) is 0 Å². The van der Waals surface area contributed by atoms with Gasteiger partial charge in [-0.25, -0.2) is 14.4 Å². The summed E-state index contributed by atoms with van der Waals surface area (Å²) in [4.78, 5) is 35.7. The van der Waals surface area contributed by atoms with E-state index in [4.69, 9.17) is 23.7 Å². The van der Waals surface area contributed by atoms with Crippen LogP contribution in [0.2, 0.25) is 0 Å². The summed E-state index contributed by atoms with van der Waals surface area (Å²) in [5.41, 5.74) is 0.660. The van der Waals surface area contributed by atoms with Crippen LogP contribution in [0.1, 0.15) is 33.6 Å². The molecule has 0 N–H and O–H groups in total. The molecule has 0 unspecified atom stereocenters. The zero-order valence-corrected chi connectivity index (χ0v) is 19.8. The Morgan fingerprint density at radius 2 is 1.11 bits per heavy atom. The molecule has 186 valence electrons. The number of hydrogen-bond acceptors (Lipinski definition) is 8. The summed E-state index contributed by atoms with van der Waals surface area (Å²) in [6, 6.07) is 19.3. The lowest BCUT2D eigenvalue weighted by molar-refractivity contribution is -0.137. The standard InChI is InChI=1S/C28H26O8/c1-3-26(29)34-19-5-4-18-33-23-10-6-20(7-11-23)27(30)35-24-12-8-21(9-13-24)28(31)36-25-16-14-22(32-2)15-17-25/h3,6-17H,1,4-5,18-19H2,2H3. The maximum atomic E-state index is 12.4. The Balaban J connectivity index is 1.44. The van der Waals surface area contributed by atoms with Gasteiger partial charge in [-0.1, -0.05) is 6.58 Å². The molecule has 0 aromatic heterocycles. The third-order valence-electron chi connectivity index (χ3n) is 4.88. The van der Waals surface area contributed by atoms with E-state index in [0.717, 1.165) is 6.08 Å². The molecule has 0 fully saturated rings. The highest BCUT2D eigenvalue weighted by molar-refractivity contribution is 5.92. The van der Waals surface area contributed by atoms with Gasteiger partial charge in [0.25, 0.3) is 0 Å². The number of benzene rings is 3. The van der Waals surface area contributed by atoms with Gasteiger partial charge >= 0.3 is 17.9 Å². The van der Waals surface area contributed by atoms with E-state index in [1.165, 1.54) is 24.3 Å². The summed E-state index contributed by atoms with van der Waals surface area (Å²) in [5.74, 6) is 0.418. The van der Waals surface area contributed by atoms with Crippen molar-refractivity contribution in [2.24, 2.45) is 0 Å². The first-order chi connectivity index (χ1) is 17.5. The smallest absolute Gasteiger partial charge is 0.343 e. The Kier molecular flexibility index (Phi) is 9.64. The predicted octanol–water partition coefficient (Wildman–Crippen LogP) is 5.02. The van der Waals surface area contributed by atoms with Gasteiger partial charge in [0.05, 0.1) is 31.5 Å².